The second kappa shape index (κ2) is 17.8. The van der Waals surface area contributed by atoms with E-state index in [-0.39, 0.29) is 13.0 Å². The van der Waals surface area contributed by atoms with E-state index in [0.29, 0.717) is 31.0 Å². The van der Waals surface area contributed by atoms with Crippen molar-refractivity contribution in [1.29, 1.82) is 0 Å². The number of nitrogens with zero attached hydrogens (tertiary/aromatic N) is 1. The molecule has 0 atom stereocenters. The lowest BCUT2D eigenvalue weighted by Gasteiger charge is -2.16. The molecular formula is C35H47NO7S. The van der Waals surface area contributed by atoms with Crippen LogP contribution in [0.1, 0.15) is 61.6 Å². The lowest BCUT2D eigenvalue weighted by Crippen LogP contribution is -2.11. The number of sulfone groups is 1. The minimum atomic E-state index is -3.25. The Morgan fingerprint density at radius 2 is 1.55 bits per heavy atom. The number of aliphatic hydroxyl groups excluding tert-OH is 1. The van der Waals surface area contributed by atoms with E-state index in [9.17, 15) is 18.3 Å². The molecule has 3 aromatic carbocycles. The average Bonchev–Trinajstić information content (AvgIpc) is 2.97. The van der Waals surface area contributed by atoms with Gasteiger partial charge in [-0.05, 0) is 117 Å². The molecule has 0 saturated heterocycles. The zero-order chi connectivity index (χ0) is 32.0. The first kappa shape index (κ1) is 35.1. The first-order valence-electron chi connectivity index (χ1n) is 15.3. The van der Waals surface area contributed by atoms with E-state index in [1.54, 1.807) is 12.1 Å². The van der Waals surface area contributed by atoms with Gasteiger partial charge in [0.25, 0.3) is 0 Å². The van der Waals surface area contributed by atoms with Gasteiger partial charge in [-0.1, -0.05) is 37.1 Å². The molecule has 9 heteroatoms. The molecule has 8 nitrogen and oxygen atoms in total. The molecule has 0 bridgehead atoms. The fourth-order valence-electron chi connectivity index (χ4n) is 5.15. The fraction of sp³-hybridized carbons (Fsp3) is 0.457. The molecule has 0 aliphatic carbocycles. The number of aryl methyl sites for hydroxylation is 1. The number of aliphatic hydroxyl groups is 1. The highest BCUT2D eigenvalue weighted by Gasteiger charge is 2.12. The lowest BCUT2D eigenvalue weighted by molar-refractivity contribution is -0.137. The summed E-state index contributed by atoms with van der Waals surface area (Å²) in [5, 5.41) is 18.3. The predicted octanol–water partition coefficient (Wildman–Crippen LogP) is 6.17. The molecule has 0 saturated carbocycles. The van der Waals surface area contributed by atoms with E-state index >= 15 is 0 Å². The molecule has 0 unspecified atom stereocenters. The van der Waals surface area contributed by atoms with Crippen LogP contribution >= 0.6 is 0 Å². The van der Waals surface area contributed by atoms with Crippen molar-refractivity contribution in [1.82, 2.24) is 4.90 Å². The third kappa shape index (κ3) is 11.9. The maximum Gasteiger partial charge on any atom is 0.303 e. The molecular weight excluding hydrogens is 578 g/mol. The summed E-state index contributed by atoms with van der Waals surface area (Å²) in [5.74, 6) is 0.770. The van der Waals surface area contributed by atoms with Crippen LogP contribution in [0.25, 0.3) is 11.1 Å². The summed E-state index contributed by atoms with van der Waals surface area (Å²) in [6, 6.07) is 19.2. The van der Waals surface area contributed by atoms with Gasteiger partial charge in [0, 0.05) is 25.8 Å². The third-order valence-electron chi connectivity index (χ3n) is 7.30. The van der Waals surface area contributed by atoms with Crippen molar-refractivity contribution in [3.05, 3.63) is 77.4 Å². The Kier molecular flexibility index (Phi) is 14.2. The highest BCUT2D eigenvalue weighted by molar-refractivity contribution is 7.90. The molecule has 0 aliphatic heterocycles. The predicted molar refractivity (Wildman–Crippen MR) is 174 cm³/mol. The van der Waals surface area contributed by atoms with E-state index in [0.717, 1.165) is 78.8 Å². The van der Waals surface area contributed by atoms with Gasteiger partial charge >= 0.3 is 5.97 Å². The molecule has 0 heterocycles. The summed E-state index contributed by atoms with van der Waals surface area (Å²) in [5.41, 5.74) is 5.39. The fourth-order valence-corrected chi connectivity index (χ4v) is 5.78. The van der Waals surface area contributed by atoms with Crippen molar-refractivity contribution in [2.24, 2.45) is 0 Å². The van der Waals surface area contributed by atoms with E-state index in [4.69, 9.17) is 14.6 Å². The Bertz CT molecular complexity index is 1440. The minimum absolute atomic E-state index is 0.0825. The molecule has 0 aliphatic rings. The molecule has 44 heavy (non-hydrogen) atoms. The van der Waals surface area contributed by atoms with Crippen LogP contribution in [0, 0.1) is 0 Å². The van der Waals surface area contributed by atoms with Gasteiger partial charge in [-0.25, -0.2) is 8.42 Å². The average molecular weight is 626 g/mol. The zero-order valence-corrected chi connectivity index (χ0v) is 27.1. The van der Waals surface area contributed by atoms with E-state index < -0.39 is 15.8 Å². The minimum Gasteiger partial charge on any atom is -0.494 e. The van der Waals surface area contributed by atoms with Crippen LogP contribution in [0.15, 0.2) is 65.6 Å². The lowest BCUT2D eigenvalue weighted by atomic mass is 9.97. The van der Waals surface area contributed by atoms with Crippen LogP contribution in [-0.4, -0.2) is 69.7 Å². The zero-order valence-electron chi connectivity index (χ0n) is 26.3. The van der Waals surface area contributed by atoms with Crippen molar-refractivity contribution in [2.45, 2.75) is 69.2 Å². The number of hydrogen-bond acceptors (Lipinski definition) is 7. The van der Waals surface area contributed by atoms with Crippen LogP contribution in [0.3, 0.4) is 0 Å². The number of benzene rings is 3. The first-order valence-corrected chi connectivity index (χ1v) is 17.2. The molecule has 0 aromatic heterocycles. The molecule has 0 spiro atoms. The van der Waals surface area contributed by atoms with Crippen molar-refractivity contribution >= 4 is 15.8 Å². The van der Waals surface area contributed by atoms with Crippen LogP contribution in [0.2, 0.25) is 0 Å². The van der Waals surface area contributed by atoms with Gasteiger partial charge < -0.3 is 24.6 Å². The van der Waals surface area contributed by atoms with Gasteiger partial charge in [0.15, 0.2) is 9.84 Å². The molecule has 3 rings (SSSR count). The number of aliphatic carboxylic acids is 1. The smallest absolute Gasteiger partial charge is 0.303 e. The SMILES string of the molecule is CN(C)Cc1cc(OCCCCCCc2cccc(OCCCC(=O)O)c2CCCO)cc(-c2ccc(S(C)(=O)=O)cc2)c1. The highest BCUT2D eigenvalue weighted by atomic mass is 32.2. The number of hydrogen-bond donors (Lipinski definition) is 2. The highest BCUT2D eigenvalue weighted by Crippen LogP contribution is 2.29. The molecule has 240 valence electrons. The summed E-state index contributed by atoms with van der Waals surface area (Å²) in [7, 11) is 0.797. The summed E-state index contributed by atoms with van der Waals surface area (Å²) in [4.78, 5) is 13.2. The number of carboxylic acids is 1. The van der Waals surface area contributed by atoms with Crippen molar-refractivity contribution in [3.8, 4) is 22.6 Å². The molecule has 3 aromatic rings. The van der Waals surface area contributed by atoms with Crippen molar-refractivity contribution in [3.63, 3.8) is 0 Å². The quantitative estimate of drug-likeness (QED) is 0.143. The molecule has 0 fully saturated rings. The Morgan fingerprint density at radius 1 is 0.818 bits per heavy atom. The summed E-state index contributed by atoms with van der Waals surface area (Å²) >= 11 is 0. The van der Waals surface area contributed by atoms with Crippen LogP contribution in [0.5, 0.6) is 11.5 Å². The second-order valence-corrected chi connectivity index (χ2v) is 13.5. The monoisotopic (exact) mass is 625 g/mol. The number of rotatable bonds is 20. The summed E-state index contributed by atoms with van der Waals surface area (Å²) in [6.07, 6.45) is 8.11. The number of carboxylic acid groups (broad SMARTS) is 1. The standard InChI is InChI=1S/C35H47NO7S/c1-36(2)26-27-23-30(28-16-18-32(19-17-28)44(3,40)41)25-31(24-27)42-21-7-5-4-6-11-29-12-8-14-34(33(29)13-9-20-37)43-22-10-15-35(38)39/h8,12,14,16-19,23-25,37H,4-7,9-11,13,15,20-22,26H2,1-3H3,(H,38,39). The molecule has 0 amide bonds. The van der Waals surface area contributed by atoms with Crippen molar-refractivity contribution < 1.29 is 32.9 Å². The first-order chi connectivity index (χ1) is 21.1. The van der Waals surface area contributed by atoms with E-state index in [2.05, 4.69) is 23.1 Å². The maximum absolute atomic E-state index is 11.9. The second-order valence-electron chi connectivity index (χ2n) is 11.5. The Hall–Kier alpha value is -3.40. The number of carbonyl (C=O) groups is 1. The Balaban J connectivity index is 1.53. The molecule has 0 radical (unpaired) electrons. The van der Waals surface area contributed by atoms with Crippen LogP contribution < -0.4 is 9.47 Å². The maximum atomic E-state index is 11.9. The van der Waals surface area contributed by atoms with Crippen LogP contribution in [0.4, 0.5) is 0 Å². The summed E-state index contributed by atoms with van der Waals surface area (Å²) in [6.45, 7) is 1.85. The van der Waals surface area contributed by atoms with Gasteiger partial charge in [0.05, 0.1) is 18.1 Å². The van der Waals surface area contributed by atoms with Crippen LogP contribution in [-0.2, 0) is 34.0 Å². The van der Waals surface area contributed by atoms with Gasteiger partial charge in [-0.2, -0.15) is 0 Å². The normalized spacial score (nSPS) is 11.6. The van der Waals surface area contributed by atoms with E-state index in [1.165, 1.54) is 11.8 Å². The Morgan fingerprint density at radius 3 is 2.23 bits per heavy atom. The van der Waals surface area contributed by atoms with Gasteiger partial charge in [-0.15, -0.1) is 0 Å². The number of unbranched alkanes of at least 4 members (excludes halogenated alkanes) is 3. The van der Waals surface area contributed by atoms with Gasteiger partial charge in [-0.3, -0.25) is 4.79 Å². The van der Waals surface area contributed by atoms with Crippen molar-refractivity contribution in [2.75, 3.05) is 40.2 Å². The Labute approximate surface area is 262 Å². The summed E-state index contributed by atoms with van der Waals surface area (Å²) < 4.78 is 35.8. The van der Waals surface area contributed by atoms with E-state index in [1.807, 2.05) is 44.4 Å². The third-order valence-corrected chi connectivity index (χ3v) is 8.43. The van der Waals surface area contributed by atoms with Gasteiger partial charge in [0.2, 0.25) is 0 Å². The number of ether oxygens (including phenoxy) is 2. The van der Waals surface area contributed by atoms with Gasteiger partial charge in [0.1, 0.15) is 11.5 Å². The molecule has 2 N–H and O–H groups in total. The topological polar surface area (TPSA) is 113 Å². The largest absolute Gasteiger partial charge is 0.494 e.